The Morgan fingerprint density at radius 3 is 0.953 bits per heavy atom. The molecule has 3 nitrogen and oxygen atoms in total. The Bertz CT molecular complexity index is 536. The van der Waals surface area contributed by atoms with Crippen LogP contribution in [0, 0.1) is 11.8 Å². The summed E-state index contributed by atoms with van der Waals surface area (Å²) in [5.41, 5.74) is 0. The van der Waals surface area contributed by atoms with Crippen LogP contribution in [0.25, 0.3) is 0 Å². The Morgan fingerprint density at radius 2 is 0.674 bits per heavy atom. The number of unbranched alkanes of at least 4 members (excludes halogenated alkanes) is 18. The van der Waals surface area contributed by atoms with E-state index in [1.807, 2.05) is 0 Å². The molecule has 0 amide bonds. The summed E-state index contributed by atoms with van der Waals surface area (Å²) in [5.74, 6) is 1.86. The van der Waals surface area contributed by atoms with Crippen molar-refractivity contribution in [1.29, 1.82) is 0 Å². The van der Waals surface area contributed by atoms with Crippen LogP contribution >= 0.6 is 0 Å². The van der Waals surface area contributed by atoms with Gasteiger partial charge in [0.15, 0.2) is 0 Å². The van der Waals surface area contributed by atoms with Crippen molar-refractivity contribution >= 4 is 0 Å². The molecule has 6 unspecified atom stereocenters. The number of hydrogen-bond donors (Lipinski definition) is 0. The lowest BCUT2D eigenvalue weighted by molar-refractivity contribution is -0.0468. The van der Waals surface area contributed by atoms with Crippen LogP contribution in [-0.2, 0) is 14.2 Å². The Labute approximate surface area is 270 Å². The lowest BCUT2D eigenvalue weighted by Crippen LogP contribution is -2.30. The van der Waals surface area contributed by atoms with Gasteiger partial charge in [-0.05, 0) is 24.7 Å². The summed E-state index contributed by atoms with van der Waals surface area (Å²) in [5, 5.41) is 0. The van der Waals surface area contributed by atoms with Crippen molar-refractivity contribution in [1.82, 2.24) is 0 Å². The highest BCUT2D eigenvalue weighted by atomic mass is 16.6. The van der Waals surface area contributed by atoms with E-state index in [9.17, 15) is 0 Å². The fraction of sp³-hybridized carbons (Fsp3) is 1.00. The van der Waals surface area contributed by atoms with Crippen LogP contribution in [-0.4, -0.2) is 37.6 Å². The average Bonchev–Trinajstić information content (AvgIpc) is 3.92. The molecule has 0 spiro atoms. The summed E-state index contributed by atoms with van der Waals surface area (Å²) >= 11 is 0. The van der Waals surface area contributed by atoms with E-state index in [1.165, 1.54) is 180 Å². The topological polar surface area (TPSA) is 34.3 Å². The molecule has 0 aromatic rings. The first kappa shape index (κ1) is 39.1. The molecule has 6 atom stereocenters. The highest BCUT2D eigenvalue weighted by molar-refractivity contribution is 4.86. The minimum absolute atomic E-state index is 0.294. The van der Waals surface area contributed by atoms with E-state index in [4.69, 9.17) is 14.2 Å². The van der Waals surface area contributed by atoms with Gasteiger partial charge < -0.3 is 14.2 Å². The van der Waals surface area contributed by atoms with Crippen LogP contribution < -0.4 is 0 Å². The summed E-state index contributed by atoms with van der Waals surface area (Å²) < 4.78 is 18.1. The molecule has 2 rings (SSSR count). The van der Waals surface area contributed by atoms with E-state index in [0.717, 1.165) is 25.0 Å². The second-order valence-corrected chi connectivity index (χ2v) is 15.0. The molecule has 0 aliphatic carbocycles. The zero-order valence-electron chi connectivity index (χ0n) is 29.9. The molecule has 2 fully saturated rings. The second kappa shape index (κ2) is 27.0. The molecule has 0 radical (unpaired) electrons. The fourth-order valence-corrected chi connectivity index (χ4v) is 7.02. The number of hydrogen-bond acceptors (Lipinski definition) is 3. The first-order chi connectivity index (χ1) is 21.1. The van der Waals surface area contributed by atoms with Crippen molar-refractivity contribution in [3.05, 3.63) is 0 Å². The van der Waals surface area contributed by atoms with Crippen molar-refractivity contribution in [2.24, 2.45) is 11.8 Å². The van der Waals surface area contributed by atoms with E-state index in [0.29, 0.717) is 24.4 Å². The van der Waals surface area contributed by atoms with Crippen molar-refractivity contribution in [2.75, 3.05) is 13.2 Å². The van der Waals surface area contributed by atoms with Gasteiger partial charge in [0, 0.05) is 0 Å². The van der Waals surface area contributed by atoms with Crippen molar-refractivity contribution in [2.45, 2.75) is 232 Å². The van der Waals surface area contributed by atoms with Gasteiger partial charge in [-0.15, -0.1) is 0 Å². The van der Waals surface area contributed by atoms with Crippen LogP contribution in [0.4, 0.5) is 0 Å². The summed E-state index contributed by atoms with van der Waals surface area (Å²) in [7, 11) is 0. The molecule has 0 N–H and O–H groups in total. The fourth-order valence-electron chi connectivity index (χ4n) is 7.02. The van der Waals surface area contributed by atoms with Crippen LogP contribution in [0.2, 0.25) is 0 Å². The maximum atomic E-state index is 6.70. The third-order valence-corrected chi connectivity index (χ3v) is 10.4. The smallest absolute Gasteiger partial charge is 0.107 e. The number of epoxide rings is 2. The zero-order chi connectivity index (χ0) is 30.8. The van der Waals surface area contributed by atoms with Crippen molar-refractivity contribution < 1.29 is 14.2 Å². The van der Waals surface area contributed by atoms with Crippen molar-refractivity contribution in [3.63, 3.8) is 0 Å². The van der Waals surface area contributed by atoms with Gasteiger partial charge >= 0.3 is 0 Å². The van der Waals surface area contributed by atoms with Gasteiger partial charge in [0.2, 0.25) is 0 Å². The SMILES string of the molecule is CCCCCCC(C)CCCCCCCCCC(OC(CCCCCCCCCC(C)CCCCCC)C1CO1)C1CO1. The van der Waals surface area contributed by atoms with Crippen LogP contribution in [0.3, 0.4) is 0 Å². The molecule has 2 aliphatic rings. The molecular weight excluding hydrogens is 528 g/mol. The minimum Gasteiger partial charge on any atom is -0.370 e. The summed E-state index contributed by atoms with van der Waals surface area (Å²) in [6.45, 7) is 11.3. The van der Waals surface area contributed by atoms with Gasteiger partial charge in [-0.1, -0.05) is 195 Å². The molecule has 0 aromatic heterocycles. The Kier molecular flexibility index (Phi) is 24.6. The maximum absolute atomic E-state index is 6.70. The van der Waals surface area contributed by atoms with Gasteiger partial charge in [-0.25, -0.2) is 0 Å². The highest BCUT2D eigenvalue weighted by Gasteiger charge is 2.40. The van der Waals surface area contributed by atoms with Crippen LogP contribution in [0.5, 0.6) is 0 Å². The second-order valence-electron chi connectivity index (χ2n) is 15.0. The van der Waals surface area contributed by atoms with Gasteiger partial charge in [0.05, 0.1) is 25.4 Å². The standard InChI is InChI=1S/C40H78O3/c1-5-7-9-21-27-35(3)29-23-17-13-11-15-19-25-31-37(39-33-41-39)43-38(40-34-42-40)32-26-20-16-12-14-18-24-30-36(4)28-22-10-8-6-2/h35-40H,5-34H2,1-4H3. The van der Waals surface area contributed by atoms with Crippen LogP contribution in [0.1, 0.15) is 207 Å². The molecule has 0 aromatic carbocycles. The molecular formula is C40H78O3. The predicted molar refractivity (Wildman–Crippen MR) is 187 cm³/mol. The highest BCUT2D eigenvalue weighted by Crippen LogP contribution is 2.30. The lowest BCUT2D eigenvalue weighted by Gasteiger charge is -2.23. The molecule has 2 saturated heterocycles. The van der Waals surface area contributed by atoms with Crippen molar-refractivity contribution in [3.8, 4) is 0 Å². The van der Waals surface area contributed by atoms with Gasteiger partial charge in [0.25, 0.3) is 0 Å². The van der Waals surface area contributed by atoms with Crippen LogP contribution in [0.15, 0.2) is 0 Å². The summed E-state index contributed by atoms with van der Waals surface area (Å²) in [4.78, 5) is 0. The van der Waals surface area contributed by atoms with E-state index < -0.39 is 0 Å². The monoisotopic (exact) mass is 607 g/mol. The third kappa shape index (κ3) is 22.9. The molecule has 43 heavy (non-hydrogen) atoms. The minimum atomic E-state index is 0.294. The van der Waals surface area contributed by atoms with E-state index >= 15 is 0 Å². The first-order valence-corrected chi connectivity index (χ1v) is 20.0. The first-order valence-electron chi connectivity index (χ1n) is 20.0. The van der Waals surface area contributed by atoms with Gasteiger partial charge in [0.1, 0.15) is 12.2 Å². The van der Waals surface area contributed by atoms with E-state index in [1.54, 1.807) is 0 Å². The normalized spacial score (nSPS) is 20.7. The number of ether oxygens (including phenoxy) is 3. The molecule has 0 bridgehead atoms. The van der Waals surface area contributed by atoms with E-state index in [-0.39, 0.29) is 0 Å². The third-order valence-electron chi connectivity index (χ3n) is 10.4. The Balaban J connectivity index is 1.42. The van der Waals surface area contributed by atoms with E-state index in [2.05, 4.69) is 27.7 Å². The molecule has 3 heteroatoms. The predicted octanol–water partition coefficient (Wildman–Crippen LogP) is 12.8. The van der Waals surface area contributed by atoms with Gasteiger partial charge in [-0.2, -0.15) is 0 Å². The quantitative estimate of drug-likeness (QED) is 0.0540. The largest absolute Gasteiger partial charge is 0.370 e. The average molecular weight is 607 g/mol. The maximum Gasteiger partial charge on any atom is 0.107 e. The summed E-state index contributed by atoms with van der Waals surface area (Å²) in [6.07, 6.45) is 40.2. The van der Waals surface area contributed by atoms with Gasteiger partial charge in [-0.3, -0.25) is 0 Å². The molecule has 2 aliphatic heterocycles. The molecule has 256 valence electrons. The Hall–Kier alpha value is -0.120. The Morgan fingerprint density at radius 1 is 0.419 bits per heavy atom. The number of rotatable bonds is 34. The molecule has 0 saturated carbocycles. The lowest BCUT2D eigenvalue weighted by atomic mass is 9.96. The zero-order valence-corrected chi connectivity index (χ0v) is 29.9. The molecule has 2 heterocycles. The summed E-state index contributed by atoms with van der Waals surface area (Å²) in [6, 6.07) is 0.